The largest absolute Gasteiger partial charge is 0.377 e. The van der Waals surface area contributed by atoms with Crippen LogP contribution in [-0.2, 0) is 9.47 Å². The normalized spacial score (nSPS) is 23.3. The van der Waals surface area contributed by atoms with Gasteiger partial charge in [0.05, 0.1) is 11.7 Å². The van der Waals surface area contributed by atoms with Gasteiger partial charge in [-0.3, -0.25) is 0 Å². The SMILES string of the molecule is COC(C)(C)C(N)CCN(C)CC1CCCO1. The third-order valence-electron chi connectivity index (χ3n) is 3.78. The molecule has 0 bridgehead atoms. The molecule has 1 rings (SSSR count). The smallest absolute Gasteiger partial charge is 0.0773 e. The van der Waals surface area contributed by atoms with Gasteiger partial charge in [-0.25, -0.2) is 0 Å². The Balaban J connectivity index is 2.20. The second kappa shape index (κ2) is 6.69. The Labute approximate surface area is 105 Å². The van der Waals surface area contributed by atoms with Gasteiger partial charge < -0.3 is 20.1 Å². The molecule has 0 aromatic heterocycles. The number of methoxy groups -OCH3 is 1. The highest BCUT2D eigenvalue weighted by molar-refractivity contribution is 4.83. The standard InChI is InChI=1S/C13H28N2O2/c1-13(2,16-4)12(14)7-8-15(3)10-11-6-5-9-17-11/h11-12H,5-10,14H2,1-4H3. The number of nitrogens with zero attached hydrogens (tertiary/aromatic N) is 1. The molecule has 2 atom stereocenters. The number of hydrogen-bond acceptors (Lipinski definition) is 4. The van der Waals surface area contributed by atoms with E-state index in [0.29, 0.717) is 6.10 Å². The molecule has 1 aliphatic rings. The first kappa shape index (κ1) is 14.9. The predicted molar refractivity (Wildman–Crippen MR) is 70.2 cm³/mol. The lowest BCUT2D eigenvalue weighted by Gasteiger charge is -2.31. The van der Waals surface area contributed by atoms with E-state index in [2.05, 4.69) is 11.9 Å². The van der Waals surface area contributed by atoms with Crippen LogP contribution in [0.15, 0.2) is 0 Å². The fraction of sp³-hybridized carbons (Fsp3) is 1.00. The van der Waals surface area contributed by atoms with Crippen molar-refractivity contribution in [3.63, 3.8) is 0 Å². The van der Waals surface area contributed by atoms with Gasteiger partial charge in [0.1, 0.15) is 0 Å². The van der Waals surface area contributed by atoms with E-state index in [1.807, 2.05) is 13.8 Å². The van der Waals surface area contributed by atoms with Gasteiger partial charge in [0.2, 0.25) is 0 Å². The van der Waals surface area contributed by atoms with Crippen LogP contribution < -0.4 is 5.73 Å². The fourth-order valence-corrected chi connectivity index (χ4v) is 2.09. The molecule has 1 heterocycles. The molecule has 2 unspecified atom stereocenters. The second-order valence-electron chi connectivity index (χ2n) is 5.60. The fourth-order valence-electron chi connectivity index (χ4n) is 2.09. The van der Waals surface area contributed by atoms with E-state index in [9.17, 15) is 0 Å². The van der Waals surface area contributed by atoms with Crippen molar-refractivity contribution >= 4 is 0 Å². The minimum absolute atomic E-state index is 0.0689. The van der Waals surface area contributed by atoms with Crippen molar-refractivity contribution in [3.05, 3.63) is 0 Å². The summed E-state index contributed by atoms with van der Waals surface area (Å²) in [7, 11) is 3.85. The number of nitrogens with two attached hydrogens (primary N) is 1. The van der Waals surface area contributed by atoms with E-state index in [4.69, 9.17) is 15.2 Å². The lowest BCUT2D eigenvalue weighted by molar-refractivity contribution is -0.00428. The van der Waals surface area contributed by atoms with Crippen LogP contribution in [0.5, 0.6) is 0 Å². The molecule has 0 saturated carbocycles. The zero-order valence-corrected chi connectivity index (χ0v) is 11.7. The number of rotatable bonds is 7. The van der Waals surface area contributed by atoms with Crippen molar-refractivity contribution in [3.8, 4) is 0 Å². The third-order valence-corrected chi connectivity index (χ3v) is 3.78. The van der Waals surface area contributed by atoms with Crippen molar-refractivity contribution < 1.29 is 9.47 Å². The summed E-state index contributed by atoms with van der Waals surface area (Å²) in [5, 5.41) is 0. The Morgan fingerprint density at radius 2 is 2.24 bits per heavy atom. The highest BCUT2D eigenvalue weighted by Crippen LogP contribution is 2.16. The lowest BCUT2D eigenvalue weighted by Crippen LogP contribution is -2.46. The topological polar surface area (TPSA) is 47.7 Å². The van der Waals surface area contributed by atoms with E-state index >= 15 is 0 Å². The van der Waals surface area contributed by atoms with Gasteiger partial charge in [-0.2, -0.15) is 0 Å². The van der Waals surface area contributed by atoms with Crippen molar-refractivity contribution in [2.75, 3.05) is 33.9 Å². The van der Waals surface area contributed by atoms with Gasteiger partial charge in [0.15, 0.2) is 0 Å². The highest BCUT2D eigenvalue weighted by atomic mass is 16.5. The monoisotopic (exact) mass is 244 g/mol. The first-order valence-electron chi connectivity index (χ1n) is 6.56. The van der Waals surface area contributed by atoms with Crippen LogP contribution in [0.3, 0.4) is 0 Å². The van der Waals surface area contributed by atoms with E-state index in [-0.39, 0.29) is 11.6 Å². The molecule has 1 fully saturated rings. The summed E-state index contributed by atoms with van der Waals surface area (Å²) in [6.45, 7) is 7.01. The van der Waals surface area contributed by atoms with E-state index in [0.717, 1.165) is 26.1 Å². The molecule has 102 valence electrons. The summed E-state index contributed by atoms with van der Waals surface area (Å²) in [5.41, 5.74) is 5.89. The van der Waals surface area contributed by atoms with Gasteiger partial charge in [0.25, 0.3) is 0 Å². The molecule has 4 heteroatoms. The first-order chi connectivity index (χ1) is 7.95. The van der Waals surface area contributed by atoms with Crippen LogP contribution in [-0.4, -0.2) is 56.5 Å². The molecule has 0 amide bonds. The van der Waals surface area contributed by atoms with Gasteiger partial charge in [-0.05, 0) is 46.7 Å². The Kier molecular flexibility index (Phi) is 5.86. The van der Waals surface area contributed by atoms with Crippen LogP contribution in [0, 0.1) is 0 Å². The molecule has 4 nitrogen and oxygen atoms in total. The average Bonchev–Trinajstić information content (AvgIpc) is 2.78. The summed E-state index contributed by atoms with van der Waals surface area (Å²) in [6.07, 6.45) is 3.77. The Hall–Kier alpha value is -0.160. The second-order valence-corrected chi connectivity index (χ2v) is 5.60. The molecule has 2 N–H and O–H groups in total. The summed E-state index contributed by atoms with van der Waals surface area (Å²) in [4.78, 5) is 2.31. The first-order valence-corrected chi connectivity index (χ1v) is 6.56. The Bertz CT molecular complexity index is 215. The molecule has 0 spiro atoms. The van der Waals surface area contributed by atoms with E-state index in [1.54, 1.807) is 7.11 Å². The van der Waals surface area contributed by atoms with Gasteiger partial charge in [-0.1, -0.05) is 0 Å². The zero-order chi connectivity index (χ0) is 12.9. The molecular weight excluding hydrogens is 216 g/mol. The van der Waals surface area contributed by atoms with Crippen molar-refractivity contribution in [1.29, 1.82) is 0 Å². The van der Waals surface area contributed by atoms with Crippen molar-refractivity contribution in [2.24, 2.45) is 5.73 Å². The maximum absolute atomic E-state index is 6.14. The minimum atomic E-state index is -0.245. The Morgan fingerprint density at radius 3 is 2.76 bits per heavy atom. The minimum Gasteiger partial charge on any atom is -0.377 e. The van der Waals surface area contributed by atoms with Crippen LogP contribution in [0.1, 0.15) is 33.1 Å². The predicted octanol–water partition coefficient (Wildman–Crippen LogP) is 1.24. The summed E-state index contributed by atoms with van der Waals surface area (Å²) >= 11 is 0. The summed E-state index contributed by atoms with van der Waals surface area (Å²) in [5.74, 6) is 0. The van der Waals surface area contributed by atoms with Crippen molar-refractivity contribution in [1.82, 2.24) is 4.90 Å². The Morgan fingerprint density at radius 1 is 1.53 bits per heavy atom. The third kappa shape index (κ3) is 4.92. The summed E-state index contributed by atoms with van der Waals surface area (Å²) in [6, 6.07) is 0.0689. The molecule has 1 saturated heterocycles. The number of likely N-dealkylation sites (N-methyl/N-ethyl adjacent to an activating group) is 1. The zero-order valence-electron chi connectivity index (χ0n) is 11.7. The molecular formula is C13H28N2O2. The molecule has 1 aliphatic heterocycles. The van der Waals surface area contributed by atoms with Crippen LogP contribution in [0.4, 0.5) is 0 Å². The van der Waals surface area contributed by atoms with Gasteiger partial charge in [0, 0.05) is 26.3 Å². The van der Waals surface area contributed by atoms with Crippen LogP contribution in [0.25, 0.3) is 0 Å². The van der Waals surface area contributed by atoms with Crippen LogP contribution in [0.2, 0.25) is 0 Å². The van der Waals surface area contributed by atoms with Gasteiger partial charge >= 0.3 is 0 Å². The molecule has 0 radical (unpaired) electrons. The van der Waals surface area contributed by atoms with Crippen LogP contribution >= 0.6 is 0 Å². The average molecular weight is 244 g/mol. The maximum Gasteiger partial charge on any atom is 0.0773 e. The molecule has 0 aromatic carbocycles. The van der Waals surface area contributed by atoms with E-state index < -0.39 is 0 Å². The molecule has 17 heavy (non-hydrogen) atoms. The lowest BCUT2D eigenvalue weighted by atomic mass is 9.96. The van der Waals surface area contributed by atoms with E-state index in [1.165, 1.54) is 12.8 Å². The molecule has 0 aliphatic carbocycles. The highest BCUT2D eigenvalue weighted by Gasteiger charge is 2.26. The maximum atomic E-state index is 6.14. The quantitative estimate of drug-likeness (QED) is 0.732. The number of hydrogen-bond donors (Lipinski definition) is 1. The summed E-state index contributed by atoms with van der Waals surface area (Å²) < 4.78 is 11.0. The number of ether oxygens (including phenoxy) is 2. The van der Waals surface area contributed by atoms with Crippen molar-refractivity contribution in [2.45, 2.75) is 50.9 Å². The molecule has 0 aromatic rings. The van der Waals surface area contributed by atoms with Gasteiger partial charge in [-0.15, -0.1) is 0 Å².